The Morgan fingerprint density at radius 2 is 1.71 bits per heavy atom. The molecule has 0 aliphatic heterocycles. The fraction of sp³-hybridized carbons (Fsp3) is 0.435. The second kappa shape index (κ2) is 9.97. The summed E-state index contributed by atoms with van der Waals surface area (Å²) in [5, 5.41) is 2.91. The third-order valence-electron chi connectivity index (χ3n) is 4.71. The molecule has 4 nitrogen and oxygen atoms in total. The molecule has 1 N–H and O–H groups in total. The zero-order valence-electron chi connectivity index (χ0n) is 17.5. The molecule has 0 saturated carbocycles. The van der Waals surface area contributed by atoms with E-state index < -0.39 is 0 Å². The molecule has 0 radical (unpaired) electrons. The predicted octanol–water partition coefficient (Wildman–Crippen LogP) is 5.29. The van der Waals surface area contributed by atoms with Gasteiger partial charge in [-0.15, -0.1) is 0 Å². The number of carbonyl (C=O) groups excluding carboxylic acids is 1. The molecule has 2 aromatic carbocycles. The average Bonchev–Trinajstić information content (AvgIpc) is 2.66. The Hall–Kier alpha value is -2.01. The Morgan fingerprint density at radius 1 is 1.07 bits per heavy atom. The number of hydrogen-bond acceptors (Lipinski definition) is 3. The molecule has 2 rings (SSSR count). The molecule has 152 valence electrons. The molecule has 28 heavy (non-hydrogen) atoms. The largest absolute Gasteiger partial charge is 0.483 e. The van der Waals surface area contributed by atoms with Crippen LogP contribution in [0.3, 0.4) is 0 Å². The molecule has 0 aliphatic carbocycles. The highest BCUT2D eigenvalue weighted by molar-refractivity contribution is 9.10. The summed E-state index contributed by atoms with van der Waals surface area (Å²) in [7, 11) is 0. The van der Waals surface area contributed by atoms with Crippen LogP contribution in [0, 0.1) is 0 Å². The Kier molecular flexibility index (Phi) is 7.93. The van der Waals surface area contributed by atoms with Gasteiger partial charge in [0.2, 0.25) is 0 Å². The van der Waals surface area contributed by atoms with Gasteiger partial charge in [0.25, 0.3) is 5.91 Å². The molecule has 0 bridgehead atoms. The molecule has 0 spiro atoms. The smallest absolute Gasteiger partial charge is 0.258 e. The van der Waals surface area contributed by atoms with E-state index in [0.717, 1.165) is 23.1 Å². The van der Waals surface area contributed by atoms with E-state index in [1.807, 2.05) is 18.2 Å². The van der Waals surface area contributed by atoms with Crippen molar-refractivity contribution >= 4 is 27.5 Å². The third kappa shape index (κ3) is 6.26. The van der Waals surface area contributed by atoms with E-state index in [9.17, 15) is 4.79 Å². The molecule has 0 saturated heterocycles. The van der Waals surface area contributed by atoms with E-state index in [-0.39, 0.29) is 17.9 Å². The van der Waals surface area contributed by atoms with Crippen molar-refractivity contribution in [3.8, 4) is 5.75 Å². The van der Waals surface area contributed by atoms with Gasteiger partial charge < -0.3 is 15.0 Å². The van der Waals surface area contributed by atoms with Crippen molar-refractivity contribution in [3.05, 3.63) is 58.1 Å². The first-order valence-corrected chi connectivity index (χ1v) is 10.6. The van der Waals surface area contributed by atoms with Gasteiger partial charge in [-0.1, -0.05) is 39.0 Å². The molecule has 0 aromatic heterocycles. The summed E-state index contributed by atoms with van der Waals surface area (Å²) in [5.74, 6) is 0.534. The summed E-state index contributed by atoms with van der Waals surface area (Å²) in [6.45, 7) is 13.2. The Labute approximate surface area is 177 Å². The number of hydrogen-bond donors (Lipinski definition) is 1. The number of nitrogens with one attached hydrogen (secondary N) is 1. The van der Waals surface area contributed by atoms with Gasteiger partial charge in [0.05, 0.1) is 4.47 Å². The van der Waals surface area contributed by atoms with Crippen molar-refractivity contribution in [1.82, 2.24) is 5.32 Å². The maximum absolute atomic E-state index is 12.1. The highest BCUT2D eigenvalue weighted by Crippen LogP contribution is 2.31. The molecule has 1 amide bonds. The van der Waals surface area contributed by atoms with Gasteiger partial charge in [-0.2, -0.15) is 0 Å². The Morgan fingerprint density at radius 3 is 2.25 bits per heavy atom. The van der Waals surface area contributed by atoms with Gasteiger partial charge in [0.1, 0.15) is 5.75 Å². The van der Waals surface area contributed by atoms with Gasteiger partial charge >= 0.3 is 0 Å². The SMILES string of the molecule is CCN(CC)c1ccc(CNC(=O)COc2ccc(C(C)(C)C)cc2Br)cc1. The van der Waals surface area contributed by atoms with E-state index in [0.29, 0.717) is 12.3 Å². The summed E-state index contributed by atoms with van der Waals surface area (Å²) < 4.78 is 6.53. The van der Waals surface area contributed by atoms with Crippen molar-refractivity contribution in [1.29, 1.82) is 0 Å². The predicted molar refractivity (Wildman–Crippen MR) is 120 cm³/mol. The summed E-state index contributed by atoms with van der Waals surface area (Å²) in [6.07, 6.45) is 0. The summed E-state index contributed by atoms with van der Waals surface area (Å²) >= 11 is 3.53. The van der Waals surface area contributed by atoms with E-state index >= 15 is 0 Å². The number of carbonyl (C=O) groups is 1. The van der Waals surface area contributed by atoms with Crippen LogP contribution in [0.1, 0.15) is 45.7 Å². The normalized spacial score (nSPS) is 11.2. The molecule has 5 heteroatoms. The molecule has 0 aliphatic rings. The zero-order chi connectivity index (χ0) is 20.7. The average molecular weight is 447 g/mol. The van der Waals surface area contributed by atoms with Crippen molar-refractivity contribution in [2.45, 2.75) is 46.6 Å². The Bertz CT molecular complexity index is 778. The van der Waals surface area contributed by atoms with Gasteiger partial charge in [0, 0.05) is 25.3 Å². The van der Waals surface area contributed by atoms with Crippen molar-refractivity contribution < 1.29 is 9.53 Å². The topological polar surface area (TPSA) is 41.6 Å². The standard InChI is InChI=1S/C23H31BrN2O2/c1-6-26(7-2)19-11-8-17(9-12-19)15-25-22(27)16-28-21-13-10-18(14-20(21)24)23(3,4)5/h8-14H,6-7,15-16H2,1-5H3,(H,25,27). The van der Waals surface area contributed by atoms with Gasteiger partial charge in [-0.25, -0.2) is 0 Å². The molecule has 0 heterocycles. The van der Waals surface area contributed by atoms with Crippen molar-refractivity contribution in [3.63, 3.8) is 0 Å². The van der Waals surface area contributed by atoms with Crippen LogP contribution in [-0.4, -0.2) is 25.6 Å². The number of halogens is 1. The van der Waals surface area contributed by atoms with Crippen LogP contribution >= 0.6 is 15.9 Å². The molecular formula is C23H31BrN2O2. The van der Waals surface area contributed by atoms with Crippen LogP contribution < -0.4 is 15.0 Å². The van der Waals surface area contributed by atoms with Gasteiger partial charge in [-0.05, 0) is 70.6 Å². The zero-order valence-corrected chi connectivity index (χ0v) is 19.1. The number of anilines is 1. The quantitative estimate of drug-likeness (QED) is 0.598. The highest BCUT2D eigenvalue weighted by Gasteiger charge is 2.15. The molecule has 2 aromatic rings. The van der Waals surface area contributed by atoms with Gasteiger partial charge in [-0.3, -0.25) is 4.79 Å². The fourth-order valence-electron chi connectivity index (χ4n) is 2.89. The van der Waals surface area contributed by atoms with Crippen LogP contribution in [-0.2, 0) is 16.8 Å². The minimum Gasteiger partial charge on any atom is -0.483 e. The third-order valence-corrected chi connectivity index (χ3v) is 5.33. The van der Waals surface area contributed by atoms with Gasteiger partial charge in [0.15, 0.2) is 6.61 Å². The number of nitrogens with zero attached hydrogens (tertiary/aromatic N) is 1. The molecule has 0 fully saturated rings. The van der Waals surface area contributed by atoms with E-state index in [1.54, 1.807) is 0 Å². The lowest BCUT2D eigenvalue weighted by Gasteiger charge is -2.21. The van der Waals surface area contributed by atoms with E-state index in [2.05, 4.69) is 85.0 Å². The maximum Gasteiger partial charge on any atom is 0.258 e. The van der Waals surface area contributed by atoms with Crippen LogP contribution in [0.4, 0.5) is 5.69 Å². The van der Waals surface area contributed by atoms with Crippen LogP contribution in [0.25, 0.3) is 0 Å². The summed E-state index contributed by atoms with van der Waals surface area (Å²) in [5.41, 5.74) is 3.55. The van der Waals surface area contributed by atoms with E-state index in [1.165, 1.54) is 11.3 Å². The van der Waals surface area contributed by atoms with Crippen LogP contribution in [0.5, 0.6) is 5.75 Å². The lowest BCUT2D eigenvalue weighted by molar-refractivity contribution is -0.123. The second-order valence-electron chi connectivity index (χ2n) is 7.80. The highest BCUT2D eigenvalue weighted by atomic mass is 79.9. The lowest BCUT2D eigenvalue weighted by atomic mass is 9.87. The minimum absolute atomic E-state index is 0.00893. The molecule has 0 atom stereocenters. The van der Waals surface area contributed by atoms with Crippen molar-refractivity contribution in [2.24, 2.45) is 0 Å². The monoisotopic (exact) mass is 446 g/mol. The maximum atomic E-state index is 12.1. The lowest BCUT2D eigenvalue weighted by Crippen LogP contribution is -2.28. The van der Waals surface area contributed by atoms with Crippen molar-refractivity contribution in [2.75, 3.05) is 24.6 Å². The minimum atomic E-state index is -0.139. The Balaban J connectivity index is 1.85. The number of benzene rings is 2. The van der Waals surface area contributed by atoms with Crippen LogP contribution in [0.15, 0.2) is 46.9 Å². The number of ether oxygens (including phenoxy) is 1. The first-order chi connectivity index (χ1) is 13.2. The first-order valence-electron chi connectivity index (χ1n) is 9.78. The molecule has 0 unspecified atom stereocenters. The number of amides is 1. The van der Waals surface area contributed by atoms with Crippen LogP contribution in [0.2, 0.25) is 0 Å². The molecular weight excluding hydrogens is 416 g/mol. The van der Waals surface area contributed by atoms with E-state index in [4.69, 9.17) is 4.74 Å². The fourth-order valence-corrected chi connectivity index (χ4v) is 3.39. The summed E-state index contributed by atoms with van der Waals surface area (Å²) in [4.78, 5) is 14.4. The first kappa shape index (κ1) is 22.3. The summed E-state index contributed by atoms with van der Waals surface area (Å²) in [6, 6.07) is 14.3. The second-order valence-corrected chi connectivity index (χ2v) is 8.65. The number of rotatable bonds is 8.